The van der Waals surface area contributed by atoms with Crippen LogP contribution in [0.1, 0.15) is 6.92 Å². The molecule has 0 amide bonds. The van der Waals surface area contributed by atoms with Crippen LogP contribution in [0.5, 0.6) is 5.75 Å². The van der Waals surface area contributed by atoms with Crippen molar-refractivity contribution >= 4 is 46.0 Å². The Hall–Kier alpha value is -0.660. The Labute approximate surface area is 146 Å². The fourth-order valence-corrected chi connectivity index (χ4v) is 3.01. The van der Waals surface area contributed by atoms with E-state index in [0.717, 1.165) is 17.0 Å². The third-order valence-corrected chi connectivity index (χ3v) is 4.49. The molecule has 1 aromatic carbocycles. The number of nitrogens with zero attached hydrogens (tertiary/aromatic N) is 1. The van der Waals surface area contributed by atoms with E-state index in [1.54, 1.807) is 22.4 Å². The number of ether oxygens (including phenoxy) is 1. The van der Waals surface area contributed by atoms with Gasteiger partial charge in [-0.15, -0.1) is 11.8 Å². The van der Waals surface area contributed by atoms with E-state index >= 15 is 0 Å². The molecule has 0 spiro atoms. The van der Waals surface area contributed by atoms with Crippen molar-refractivity contribution < 1.29 is 4.74 Å². The highest BCUT2D eigenvalue weighted by molar-refractivity contribution is 14.1. The minimum absolute atomic E-state index is 0.00868. The molecule has 21 heavy (non-hydrogen) atoms. The van der Waals surface area contributed by atoms with Crippen molar-refractivity contribution in [1.29, 1.82) is 0 Å². The average Bonchev–Trinajstić information content (AvgIpc) is 2.48. The molecule has 3 nitrogen and oxygen atoms in total. The largest absolute Gasteiger partial charge is 0.483 e. The molecule has 0 N–H and O–H groups in total. The number of benzene rings is 1. The molecular formula is C15H15ClINO2S. The van der Waals surface area contributed by atoms with E-state index in [9.17, 15) is 4.79 Å². The van der Waals surface area contributed by atoms with E-state index in [1.165, 1.54) is 0 Å². The van der Waals surface area contributed by atoms with Gasteiger partial charge in [0.1, 0.15) is 11.7 Å². The molecule has 0 aliphatic carbocycles. The molecule has 0 saturated heterocycles. The standard InChI is InChI=1S/C15H15ClINO2S/c1-3-18-14(7-6-13(17)15(18)19)11-5-4-10(8-12(11)16)20-9-21-2/h4-8H,3,9H2,1-2H3. The molecule has 0 atom stereocenters. The molecule has 6 heteroatoms. The van der Waals surface area contributed by atoms with Gasteiger partial charge in [-0.1, -0.05) is 11.6 Å². The normalized spacial score (nSPS) is 10.7. The van der Waals surface area contributed by atoms with E-state index in [1.807, 2.05) is 60.0 Å². The predicted octanol–water partition coefficient (Wildman–Crippen LogP) is 4.49. The van der Waals surface area contributed by atoms with Gasteiger partial charge in [0.15, 0.2) is 0 Å². The Kier molecular flexibility index (Phi) is 6.01. The van der Waals surface area contributed by atoms with E-state index in [-0.39, 0.29) is 5.56 Å². The first-order chi connectivity index (χ1) is 10.1. The minimum atomic E-state index is 0.00868. The van der Waals surface area contributed by atoms with Crippen LogP contribution in [0, 0.1) is 3.57 Å². The van der Waals surface area contributed by atoms with Crippen molar-refractivity contribution in [3.63, 3.8) is 0 Å². The van der Waals surface area contributed by atoms with Gasteiger partial charge in [-0.25, -0.2) is 0 Å². The summed E-state index contributed by atoms with van der Waals surface area (Å²) in [5, 5.41) is 0.580. The molecule has 0 unspecified atom stereocenters. The Bertz CT molecular complexity index is 703. The van der Waals surface area contributed by atoms with Gasteiger partial charge in [0.25, 0.3) is 5.56 Å². The number of pyridine rings is 1. The van der Waals surface area contributed by atoms with Crippen molar-refractivity contribution in [2.24, 2.45) is 0 Å². The van der Waals surface area contributed by atoms with E-state index in [2.05, 4.69) is 0 Å². The van der Waals surface area contributed by atoms with Crippen molar-refractivity contribution in [2.45, 2.75) is 13.5 Å². The number of rotatable bonds is 5. The summed E-state index contributed by atoms with van der Waals surface area (Å²) in [6.45, 7) is 2.55. The average molecular weight is 436 g/mol. The minimum Gasteiger partial charge on any atom is -0.483 e. The van der Waals surface area contributed by atoms with E-state index in [4.69, 9.17) is 16.3 Å². The zero-order chi connectivity index (χ0) is 15.4. The fourth-order valence-electron chi connectivity index (χ4n) is 2.02. The van der Waals surface area contributed by atoms with Crippen LogP contribution in [0.2, 0.25) is 5.02 Å². The van der Waals surface area contributed by atoms with Crippen molar-refractivity contribution in [3.05, 3.63) is 49.3 Å². The SMILES string of the molecule is CCn1c(-c2ccc(OCSC)cc2Cl)ccc(I)c1=O. The third kappa shape index (κ3) is 3.76. The molecule has 0 aliphatic rings. The molecule has 0 saturated carbocycles. The summed E-state index contributed by atoms with van der Waals surface area (Å²) in [4.78, 5) is 12.2. The highest BCUT2D eigenvalue weighted by Gasteiger charge is 2.11. The highest BCUT2D eigenvalue weighted by atomic mass is 127. The number of hydrogen-bond donors (Lipinski definition) is 0. The zero-order valence-electron chi connectivity index (χ0n) is 11.7. The second-order valence-corrected chi connectivity index (χ2v) is 6.69. The lowest BCUT2D eigenvalue weighted by Crippen LogP contribution is -2.22. The molecule has 0 bridgehead atoms. The van der Waals surface area contributed by atoms with Crippen molar-refractivity contribution in [1.82, 2.24) is 4.57 Å². The van der Waals surface area contributed by atoms with E-state index < -0.39 is 0 Å². The molecule has 2 rings (SSSR count). The fraction of sp³-hybridized carbons (Fsp3) is 0.267. The maximum absolute atomic E-state index is 12.2. The lowest BCUT2D eigenvalue weighted by molar-refractivity contribution is 0.393. The van der Waals surface area contributed by atoms with Crippen molar-refractivity contribution in [2.75, 3.05) is 12.2 Å². The molecule has 1 aromatic heterocycles. The lowest BCUT2D eigenvalue weighted by Gasteiger charge is -2.14. The van der Waals surface area contributed by atoms with Crippen LogP contribution in [0.25, 0.3) is 11.3 Å². The molecule has 2 aromatic rings. The summed E-state index contributed by atoms with van der Waals surface area (Å²) in [5.41, 5.74) is 1.67. The van der Waals surface area contributed by atoms with Crippen LogP contribution in [0.3, 0.4) is 0 Å². The predicted molar refractivity (Wildman–Crippen MR) is 98.5 cm³/mol. The van der Waals surface area contributed by atoms with Gasteiger partial charge in [-0.05, 0) is 66.1 Å². The first-order valence-corrected chi connectivity index (χ1v) is 9.24. The Morgan fingerprint density at radius 1 is 1.33 bits per heavy atom. The molecule has 0 aliphatic heterocycles. The molecule has 112 valence electrons. The first-order valence-electron chi connectivity index (χ1n) is 6.39. The number of thioether (sulfide) groups is 1. The molecular weight excluding hydrogens is 421 g/mol. The topological polar surface area (TPSA) is 31.2 Å². The number of halogens is 2. The summed E-state index contributed by atoms with van der Waals surface area (Å²) < 4.78 is 7.97. The van der Waals surface area contributed by atoms with Crippen molar-refractivity contribution in [3.8, 4) is 17.0 Å². The van der Waals surface area contributed by atoms with Gasteiger partial charge in [0.2, 0.25) is 0 Å². The van der Waals surface area contributed by atoms with Gasteiger partial charge in [-0.2, -0.15) is 0 Å². The smallest absolute Gasteiger partial charge is 0.264 e. The van der Waals surface area contributed by atoms with Crippen LogP contribution in [0.4, 0.5) is 0 Å². The van der Waals surface area contributed by atoms with Gasteiger partial charge < -0.3 is 9.30 Å². The monoisotopic (exact) mass is 435 g/mol. The van der Waals surface area contributed by atoms with Gasteiger partial charge in [0, 0.05) is 12.1 Å². The molecule has 0 radical (unpaired) electrons. The maximum atomic E-state index is 12.2. The summed E-state index contributed by atoms with van der Waals surface area (Å²) >= 11 is 10.0. The van der Waals surface area contributed by atoms with Crippen LogP contribution < -0.4 is 10.3 Å². The van der Waals surface area contributed by atoms with Gasteiger partial charge in [-0.3, -0.25) is 4.79 Å². The molecule has 0 fully saturated rings. The lowest BCUT2D eigenvalue weighted by atomic mass is 10.1. The summed E-state index contributed by atoms with van der Waals surface area (Å²) in [6.07, 6.45) is 1.97. The number of hydrogen-bond acceptors (Lipinski definition) is 3. The summed E-state index contributed by atoms with van der Waals surface area (Å²) in [7, 11) is 0. The van der Waals surface area contributed by atoms with Gasteiger partial charge in [0.05, 0.1) is 14.3 Å². The van der Waals surface area contributed by atoms with Crippen LogP contribution in [0.15, 0.2) is 35.1 Å². The summed E-state index contributed by atoms with van der Waals surface area (Å²) in [6, 6.07) is 9.30. The Morgan fingerprint density at radius 3 is 2.71 bits per heavy atom. The number of aromatic nitrogens is 1. The van der Waals surface area contributed by atoms with Crippen LogP contribution >= 0.6 is 46.0 Å². The van der Waals surface area contributed by atoms with E-state index in [0.29, 0.717) is 21.1 Å². The first kappa shape index (κ1) is 16.7. The van der Waals surface area contributed by atoms with Crippen LogP contribution in [-0.4, -0.2) is 16.8 Å². The highest BCUT2D eigenvalue weighted by Crippen LogP contribution is 2.31. The second-order valence-electron chi connectivity index (χ2n) is 4.31. The molecule has 1 heterocycles. The van der Waals surface area contributed by atoms with Crippen LogP contribution in [-0.2, 0) is 6.54 Å². The Morgan fingerprint density at radius 2 is 2.10 bits per heavy atom. The zero-order valence-corrected chi connectivity index (χ0v) is 15.5. The quantitative estimate of drug-likeness (QED) is 0.512. The second kappa shape index (κ2) is 7.56. The van der Waals surface area contributed by atoms with Gasteiger partial charge >= 0.3 is 0 Å². The summed E-state index contributed by atoms with van der Waals surface area (Å²) in [5.74, 6) is 1.31. The maximum Gasteiger partial charge on any atom is 0.264 e. The Balaban J connectivity index is 2.48. The third-order valence-electron chi connectivity index (χ3n) is 3.00.